The Labute approximate surface area is 142 Å². The van der Waals surface area contributed by atoms with Gasteiger partial charge in [0, 0.05) is 0 Å². The molecule has 0 spiro atoms. The standard InChI is InChI=1S/C21H21NO2/c1-3-12-20-15-10-11-16(14-15)21(20,13-4-2)19(24)22(18(20)23)17-8-6-5-7-9-17/h3-11,15-16H,1-2,12-14H2/t15?,16?,20-,21+. The molecular weight excluding hydrogens is 298 g/mol. The second kappa shape index (κ2) is 5.04. The topological polar surface area (TPSA) is 37.4 Å². The van der Waals surface area contributed by atoms with E-state index in [1.165, 1.54) is 4.90 Å². The monoisotopic (exact) mass is 319 g/mol. The summed E-state index contributed by atoms with van der Waals surface area (Å²) in [6, 6.07) is 9.26. The van der Waals surface area contributed by atoms with E-state index in [0.29, 0.717) is 18.5 Å². The van der Waals surface area contributed by atoms with Crippen molar-refractivity contribution in [1.82, 2.24) is 0 Å². The lowest BCUT2D eigenvalue weighted by atomic mass is 9.56. The van der Waals surface area contributed by atoms with E-state index < -0.39 is 10.8 Å². The average Bonchev–Trinajstić information content (AvgIpc) is 3.22. The SMILES string of the molecule is C=CC[C@@]12C(=O)N(c3ccccc3)C(=O)[C@]1(CC=C)C1C=CC2C1. The number of para-hydroxylation sites is 1. The van der Waals surface area contributed by atoms with E-state index in [4.69, 9.17) is 0 Å². The van der Waals surface area contributed by atoms with Gasteiger partial charge < -0.3 is 0 Å². The Morgan fingerprint density at radius 3 is 1.92 bits per heavy atom. The molecule has 2 bridgehead atoms. The maximum Gasteiger partial charge on any atom is 0.242 e. The summed E-state index contributed by atoms with van der Waals surface area (Å²) in [4.78, 5) is 28.6. The van der Waals surface area contributed by atoms with Gasteiger partial charge in [0.15, 0.2) is 0 Å². The van der Waals surface area contributed by atoms with Crippen LogP contribution in [0.1, 0.15) is 19.3 Å². The molecule has 1 aromatic rings. The third kappa shape index (κ3) is 1.48. The molecule has 3 aliphatic rings. The van der Waals surface area contributed by atoms with Gasteiger partial charge in [0.05, 0.1) is 16.5 Å². The first-order chi connectivity index (χ1) is 11.6. The molecule has 0 N–H and O–H groups in total. The van der Waals surface area contributed by atoms with Crippen molar-refractivity contribution in [3.63, 3.8) is 0 Å². The highest BCUT2D eigenvalue weighted by Crippen LogP contribution is 2.71. The number of anilines is 1. The minimum absolute atomic E-state index is 0.0719. The lowest BCUT2D eigenvalue weighted by molar-refractivity contribution is -0.135. The fraction of sp³-hybridized carbons (Fsp3) is 0.333. The highest BCUT2D eigenvalue weighted by Gasteiger charge is 2.77. The number of allylic oxidation sites excluding steroid dienone is 4. The Hall–Kier alpha value is -2.42. The number of benzene rings is 1. The van der Waals surface area contributed by atoms with Crippen LogP contribution in [0, 0.1) is 22.7 Å². The van der Waals surface area contributed by atoms with Crippen LogP contribution < -0.4 is 4.90 Å². The fourth-order valence-electron chi connectivity index (χ4n) is 5.39. The van der Waals surface area contributed by atoms with Crippen LogP contribution in [-0.2, 0) is 9.59 Å². The largest absolute Gasteiger partial charge is 0.273 e. The molecule has 122 valence electrons. The van der Waals surface area contributed by atoms with Gasteiger partial charge in [0.2, 0.25) is 11.8 Å². The summed E-state index contributed by atoms with van der Waals surface area (Å²) >= 11 is 0. The Morgan fingerprint density at radius 2 is 1.46 bits per heavy atom. The first-order valence-electron chi connectivity index (χ1n) is 8.47. The average molecular weight is 319 g/mol. The number of imide groups is 1. The molecule has 3 nitrogen and oxygen atoms in total. The van der Waals surface area contributed by atoms with E-state index in [0.717, 1.165) is 6.42 Å². The lowest BCUT2D eigenvalue weighted by Crippen LogP contribution is -2.47. The minimum Gasteiger partial charge on any atom is -0.273 e. The maximum atomic E-state index is 13.6. The summed E-state index contributed by atoms with van der Waals surface area (Å²) in [7, 11) is 0. The molecule has 1 aliphatic heterocycles. The van der Waals surface area contributed by atoms with Gasteiger partial charge in [-0.05, 0) is 43.2 Å². The van der Waals surface area contributed by atoms with Crippen molar-refractivity contribution in [3.05, 3.63) is 67.8 Å². The molecular formula is C21H21NO2. The van der Waals surface area contributed by atoms with Gasteiger partial charge in [-0.15, -0.1) is 13.2 Å². The summed E-state index contributed by atoms with van der Waals surface area (Å²) < 4.78 is 0. The zero-order valence-corrected chi connectivity index (χ0v) is 13.7. The molecule has 4 rings (SSSR count). The van der Waals surface area contributed by atoms with Crippen molar-refractivity contribution < 1.29 is 9.59 Å². The van der Waals surface area contributed by atoms with Crippen molar-refractivity contribution in [2.75, 3.05) is 4.90 Å². The second-order valence-electron chi connectivity index (χ2n) is 7.04. The third-order valence-corrected chi connectivity index (χ3v) is 6.26. The summed E-state index contributed by atoms with van der Waals surface area (Å²) in [5, 5.41) is 0. The van der Waals surface area contributed by atoms with Crippen molar-refractivity contribution in [3.8, 4) is 0 Å². The van der Waals surface area contributed by atoms with Crippen LogP contribution in [0.2, 0.25) is 0 Å². The summed E-state index contributed by atoms with van der Waals surface area (Å²) in [6.45, 7) is 7.76. The fourth-order valence-corrected chi connectivity index (χ4v) is 5.39. The predicted molar refractivity (Wildman–Crippen MR) is 94.2 cm³/mol. The minimum atomic E-state index is -0.713. The molecule has 1 saturated heterocycles. The van der Waals surface area contributed by atoms with Gasteiger partial charge in [-0.3, -0.25) is 9.59 Å². The Bertz CT molecular complexity index is 721. The number of rotatable bonds is 5. The molecule has 0 aromatic heterocycles. The lowest BCUT2D eigenvalue weighted by Gasteiger charge is -2.41. The predicted octanol–water partition coefficient (Wildman–Crippen LogP) is 3.89. The van der Waals surface area contributed by atoms with Crippen LogP contribution in [0.4, 0.5) is 5.69 Å². The van der Waals surface area contributed by atoms with Gasteiger partial charge in [-0.1, -0.05) is 42.5 Å². The first-order valence-corrected chi connectivity index (χ1v) is 8.47. The van der Waals surface area contributed by atoms with Crippen LogP contribution in [0.3, 0.4) is 0 Å². The Kier molecular flexibility index (Phi) is 3.17. The van der Waals surface area contributed by atoms with Crippen molar-refractivity contribution in [1.29, 1.82) is 0 Å². The van der Waals surface area contributed by atoms with Crippen LogP contribution >= 0.6 is 0 Å². The number of amides is 2. The molecule has 2 amide bonds. The number of hydrogen-bond acceptors (Lipinski definition) is 2. The Morgan fingerprint density at radius 1 is 0.958 bits per heavy atom. The maximum absolute atomic E-state index is 13.6. The second-order valence-corrected chi connectivity index (χ2v) is 7.04. The van der Waals surface area contributed by atoms with Gasteiger partial charge in [0.25, 0.3) is 0 Å². The van der Waals surface area contributed by atoms with Crippen LogP contribution in [0.5, 0.6) is 0 Å². The number of nitrogens with zero attached hydrogens (tertiary/aromatic N) is 1. The van der Waals surface area contributed by atoms with Crippen LogP contribution in [-0.4, -0.2) is 11.8 Å². The number of hydrogen-bond donors (Lipinski definition) is 0. The summed E-state index contributed by atoms with van der Waals surface area (Å²) in [5.74, 6) is 0.0609. The molecule has 2 unspecified atom stereocenters. The van der Waals surface area contributed by atoms with Crippen LogP contribution in [0.15, 0.2) is 67.8 Å². The molecule has 1 saturated carbocycles. The molecule has 4 atom stereocenters. The third-order valence-electron chi connectivity index (χ3n) is 6.26. The Balaban J connectivity index is 1.95. The van der Waals surface area contributed by atoms with E-state index in [2.05, 4.69) is 25.3 Å². The van der Waals surface area contributed by atoms with Crippen LogP contribution in [0.25, 0.3) is 0 Å². The van der Waals surface area contributed by atoms with E-state index in [1.807, 2.05) is 30.3 Å². The first kappa shape index (κ1) is 15.1. The molecule has 2 aliphatic carbocycles. The number of carbonyl (C=O) groups excluding carboxylic acids is 2. The van der Waals surface area contributed by atoms with Gasteiger partial charge >= 0.3 is 0 Å². The molecule has 0 radical (unpaired) electrons. The number of fused-ring (bicyclic) bond motifs is 5. The van der Waals surface area contributed by atoms with E-state index >= 15 is 0 Å². The highest BCUT2D eigenvalue weighted by molar-refractivity contribution is 6.26. The molecule has 3 heteroatoms. The molecule has 1 heterocycles. The normalized spacial score (nSPS) is 36.2. The zero-order valence-electron chi connectivity index (χ0n) is 13.7. The summed E-state index contributed by atoms with van der Waals surface area (Å²) in [6.07, 6.45) is 9.80. The van der Waals surface area contributed by atoms with Gasteiger partial charge in [-0.2, -0.15) is 0 Å². The van der Waals surface area contributed by atoms with Gasteiger partial charge in [0.1, 0.15) is 0 Å². The smallest absolute Gasteiger partial charge is 0.242 e. The molecule has 24 heavy (non-hydrogen) atoms. The highest BCUT2D eigenvalue weighted by atomic mass is 16.2. The van der Waals surface area contributed by atoms with Gasteiger partial charge in [-0.25, -0.2) is 4.90 Å². The quantitative estimate of drug-likeness (QED) is 0.610. The van der Waals surface area contributed by atoms with Crippen molar-refractivity contribution in [2.45, 2.75) is 19.3 Å². The molecule has 2 fully saturated rings. The molecule has 1 aromatic carbocycles. The van der Waals surface area contributed by atoms with E-state index in [9.17, 15) is 9.59 Å². The van der Waals surface area contributed by atoms with E-state index in [-0.39, 0.29) is 23.7 Å². The van der Waals surface area contributed by atoms with E-state index in [1.54, 1.807) is 12.2 Å². The van der Waals surface area contributed by atoms with Crippen molar-refractivity contribution >= 4 is 17.5 Å². The number of carbonyl (C=O) groups is 2. The van der Waals surface area contributed by atoms with Crippen molar-refractivity contribution in [2.24, 2.45) is 22.7 Å². The summed E-state index contributed by atoms with van der Waals surface area (Å²) in [5.41, 5.74) is -0.766. The zero-order chi connectivity index (χ0) is 16.9.